The van der Waals surface area contributed by atoms with Crippen LogP contribution in [-0.4, -0.2) is 12.1 Å². The topological polar surface area (TPSA) is 54.6 Å². The molecule has 0 saturated carbocycles. The number of benzene rings is 1. The molecule has 0 unspecified atom stereocenters. The molecule has 1 N–H and O–H groups in total. The molecule has 1 aromatic carbocycles. The predicted molar refractivity (Wildman–Crippen MR) is 80.6 cm³/mol. The summed E-state index contributed by atoms with van der Waals surface area (Å²) in [4.78, 5) is 11.7. The summed E-state index contributed by atoms with van der Waals surface area (Å²) in [5.41, 5.74) is 1.08. The first kappa shape index (κ1) is 16.8. The summed E-state index contributed by atoms with van der Waals surface area (Å²) in [5.74, 6) is -0.407. The predicted octanol–water partition coefficient (Wildman–Crippen LogP) is 4.59. The van der Waals surface area contributed by atoms with Crippen LogP contribution in [0, 0.1) is 0 Å². The number of hydrogen-bond acceptors (Lipinski definition) is 3. The number of halogens is 5. The van der Waals surface area contributed by atoms with Crippen molar-refractivity contribution < 1.29 is 22.4 Å². The molecule has 1 heterocycles. The molecule has 0 spiro atoms. The number of carbonyl (C=O) groups excluding carboxylic acids is 1. The van der Waals surface area contributed by atoms with Crippen molar-refractivity contribution >= 4 is 44.0 Å². The second kappa shape index (κ2) is 6.66. The Morgan fingerprint density at radius 2 is 2.00 bits per heavy atom. The van der Waals surface area contributed by atoms with Gasteiger partial charge in [0.05, 0.1) is 16.3 Å². The highest BCUT2D eigenvalue weighted by atomic mass is 79.9. The van der Waals surface area contributed by atoms with E-state index in [9.17, 15) is 18.0 Å². The second-order valence-electron chi connectivity index (χ2n) is 4.05. The zero-order valence-electron chi connectivity index (χ0n) is 10.6. The molecule has 0 bridgehead atoms. The lowest BCUT2D eigenvalue weighted by molar-refractivity contribution is -0.137. The maximum absolute atomic E-state index is 12.6. The van der Waals surface area contributed by atoms with Gasteiger partial charge in [0.25, 0.3) is 5.91 Å². The van der Waals surface area contributed by atoms with Crippen molar-refractivity contribution in [1.82, 2.24) is 5.43 Å². The van der Waals surface area contributed by atoms with Crippen LogP contribution in [0.1, 0.15) is 21.7 Å². The van der Waals surface area contributed by atoms with E-state index < -0.39 is 17.6 Å². The molecule has 9 heteroatoms. The van der Waals surface area contributed by atoms with Crippen LogP contribution in [0.4, 0.5) is 13.2 Å². The Balaban J connectivity index is 2.06. The van der Waals surface area contributed by atoms with Gasteiger partial charge in [0.1, 0.15) is 5.76 Å². The van der Waals surface area contributed by atoms with E-state index >= 15 is 0 Å². The van der Waals surface area contributed by atoms with Crippen LogP contribution in [0.3, 0.4) is 0 Å². The van der Waals surface area contributed by atoms with Crippen LogP contribution in [0.2, 0.25) is 0 Å². The van der Waals surface area contributed by atoms with Gasteiger partial charge in [-0.1, -0.05) is 6.07 Å². The van der Waals surface area contributed by atoms with Gasteiger partial charge in [-0.15, -0.1) is 0 Å². The summed E-state index contributed by atoms with van der Waals surface area (Å²) < 4.78 is 44.0. The molecular formula is C13H7Br2F3N2O2. The Hall–Kier alpha value is -1.61. The number of hydrazone groups is 1. The first-order valence-corrected chi connectivity index (χ1v) is 7.31. The maximum Gasteiger partial charge on any atom is 0.416 e. The van der Waals surface area contributed by atoms with Gasteiger partial charge >= 0.3 is 6.18 Å². The summed E-state index contributed by atoms with van der Waals surface area (Å²) in [6, 6.07) is 5.66. The third kappa shape index (κ3) is 4.20. The lowest BCUT2D eigenvalue weighted by Crippen LogP contribution is -2.18. The van der Waals surface area contributed by atoms with Gasteiger partial charge in [-0.2, -0.15) is 18.3 Å². The number of nitrogens with one attached hydrogen (secondary N) is 1. The number of amides is 1. The fourth-order valence-corrected chi connectivity index (χ4v) is 2.09. The maximum atomic E-state index is 12.6. The zero-order valence-corrected chi connectivity index (χ0v) is 13.8. The van der Waals surface area contributed by atoms with Crippen LogP contribution >= 0.6 is 31.9 Å². The summed E-state index contributed by atoms with van der Waals surface area (Å²) in [5, 5.41) is 3.62. The van der Waals surface area contributed by atoms with E-state index in [-0.39, 0.29) is 5.56 Å². The largest absolute Gasteiger partial charge is 0.447 e. The number of hydrogen-bond donors (Lipinski definition) is 1. The smallest absolute Gasteiger partial charge is 0.416 e. The number of nitrogens with zero attached hydrogens (tertiary/aromatic N) is 1. The summed E-state index contributed by atoms with van der Waals surface area (Å²) in [6.07, 6.45) is -3.28. The molecule has 0 saturated heterocycles. The Bertz CT molecular complexity index is 707. The number of rotatable bonds is 3. The molecule has 2 aromatic rings. The highest BCUT2D eigenvalue weighted by Gasteiger charge is 2.30. The monoisotopic (exact) mass is 438 g/mol. The molecule has 22 heavy (non-hydrogen) atoms. The van der Waals surface area contributed by atoms with Crippen molar-refractivity contribution in [3.63, 3.8) is 0 Å². The van der Waals surface area contributed by atoms with E-state index in [2.05, 4.69) is 42.4 Å². The van der Waals surface area contributed by atoms with E-state index in [1.807, 2.05) is 0 Å². The van der Waals surface area contributed by atoms with Gasteiger partial charge in [-0.05, 0) is 50.1 Å². The average molecular weight is 440 g/mol. The average Bonchev–Trinajstić information content (AvgIpc) is 2.77. The molecule has 1 amide bonds. The van der Waals surface area contributed by atoms with Crippen LogP contribution in [0.5, 0.6) is 0 Å². The standard InChI is InChI=1S/C13H7Br2F3N2O2/c14-10-5-9(22-11(10)15)6-19-20-12(21)7-2-1-3-8(4-7)13(16,17)18/h1-6H,(H,20,21)/b19-6-. The summed E-state index contributed by atoms with van der Waals surface area (Å²) in [7, 11) is 0. The number of carbonyl (C=O) groups is 1. The van der Waals surface area contributed by atoms with Crippen molar-refractivity contribution in [3.8, 4) is 0 Å². The van der Waals surface area contributed by atoms with Crippen LogP contribution in [0.25, 0.3) is 0 Å². The van der Waals surface area contributed by atoms with Gasteiger partial charge in [0.15, 0.2) is 4.67 Å². The molecule has 116 valence electrons. The van der Waals surface area contributed by atoms with Crippen LogP contribution < -0.4 is 5.43 Å². The van der Waals surface area contributed by atoms with Gasteiger partial charge in [0, 0.05) is 11.6 Å². The fraction of sp³-hybridized carbons (Fsp3) is 0.0769. The minimum Gasteiger partial charge on any atom is -0.447 e. The van der Waals surface area contributed by atoms with Gasteiger partial charge in [-0.3, -0.25) is 4.79 Å². The zero-order chi connectivity index (χ0) is 16.3. The number of furan rings is 1. The molecule has 2 rings (SSSR count). The molecule has 4 nitrogen and oxygen atoms in total. The summed E-state index contributed by atoms with van der Waals surface area (Å²) in [6.45, 7) is 0. The van der Waals surface area contributed by atoms with E-state index in [1.54, 1.807) is 6.07 Å². The van der Waals surface area contributed by atoms with E-state index in [4.69, 9.17) is 4.42 Å². The molecule has 0 aliphatic carbocycles. The van der Waals surface area contributed by atoms with Crippen molar-refractivity contribution in [2.45, 2.75) is 6.18 Å². The fourth-order valence-electron chi connectivity index (χ4n) is 1.48. The number of alkyl halides is 3. The van der Waals surface area contributed by atoms with Crippen molar-refractivity contribution in [2.75, 3.05) is 0 Å². The lowest BCUT2D eigenvalue weighted by Gasteiger charge is -2.07. The minimum atomic E-state index is -4.51. The third-order valence-corrected chi connectivity index (χ3v) is 4.18. The van der Waals surface area contributed by atoms with E-state index in [1.165, 1.54) is 12.3 Å². The Labute approximate surface area is 139 Å². The Morgan fingerprint density at radius 1 is 1.27 bits per heavy atom. The van der Waals surface area contributed by atoms with Crippen molar-refractivity contribution in [1.29, 1.82) is 0 Å². The van der Waals surface area contributed by atoms with Crippen LogP contribution in [0.15, 0.2) is 49.0 Å². The van der Waals surface area contributed by atoms with Crippen LogP contribution in [-0.2, 0) is 6.18 Å². The minimum absolute atomic E-state index is 0.145. The highest BCUT2D eigenvalue weighted by molar-refractivity contribution is 9.13. The molecule has 0 aliphatic heterocycles. The molecule has 1 aromatic heterocycles. The van der Waals surface area contributed by atoms with Gasteiger partial charge in [0.2, 0.25) is 0 Å². The SMILES string of the molecule is O=C(N/N=C\c1cc(Br)c(Br)o1)c1cccc(C(F)(F)F)c1. The lowest BCUT2D eigenvalue weighted by atomic mass is 10.1. The molecule has 0 atom stereocenters. The highest BCUT2D eigenvalue weighted by Crippen LogP contribution is 2.29. The third-order valence-electron chi connectivity index (χ3n) is 2.47. The molecule has 0 aliphatic rings. The second-order valence-corrected chi connectivity index (χ2v) is 5.62. The van der Waals surface area contributed by atoms with E-state index in [0.29, 0.717) is 14.9 Å². The quantitative estimate of drug-likeness (QED) is 0.561. The normalized spacial score (nSPS) is 11.9. The van der Waals surface area contributed by atoms with Gasteiger partial charge in [-0.25, -0.2) is 5.43 Å². The Morgan fingerprint density at radius 3 is 2.59 bits per heavy atom. The van der Waals surface area contributed by atoms with Crippen molar-refractivity contribution in [3.05, 3.63) is 56.4 Å². The first-order valence-electron chi connectivity index (χ1n) is 5.73. The molecular weight excluding hydrogens is 433 g/mol. The first-order chi connectivity index (χ1) is 10.3. The molecule has 0 fully saturated rings. The van der Waals surface area contributed by atoms with E-state index in [0.717, 1.165) is 18.2 Å². The molecule has 0 radical (unpaired) electrons. The Kier molecular flexibility index (Phi) is 5.07. The van der Waals surface area contributed by atoms with Crippen molar-refractivity contribution in [2.24, 2.45) is 5.10 Å². The summed E-state index contributed by atoms with van der Waals surface area (Å²) >= 11 is 6.33. The van der Waals surface area contributed by atoms with Gasteiger partial charge < -0.3 is 4.42 Å².